The predicted molar refractivity (Wildman–Crippen MR) is 59.6 cm³/mol. The molecule has 0 aliphatic carbocycles. The van der Waals surface area contributed by atoms with Crippen molar-refractivity contribution in [1.82, 2.24) is 10.2 Å². The monoisotopic (exact) mass is 212 g/mol. The first-order chi connectivity index (χ1) is 6.88. The first-order valence-electron chi connectivity index (χ1n) is 5.28. The Hall–Kier alpha value is -1.19. The summed E-state index contributed by atoms with van der Waals surface area (Å²) in [5.74, 6) is 0. The number of nitrogens with one attached hydrogen (secondary N) is 1. The Balaban J connectivity index is 2.49. The molecule has 15 heavy (non-hydrogen) atoms. The third-order valence-corrected chi connectivity index (χ3v) is 2.09. The van der Waals surface area contributed by atoms with Crippen molar-refractivity contribution >= 4 is 6.09 Å². The standard InChI is InChI=1S/C11H20N2O2/c1-9-5-7-13(8-6-12-9)10(14)15-11(2,3)4/h12H,1,5-8H2,2-4H3. The quantitative estimate of drug-likeness (QED) is 0.665. The van der Waals surface area contributed by atoms with Crippen LogP contribution in [0, 0.1) is 0 Å². The van der Waals surface area contributed by atoms with Crippen LogP contribution >= 0.6 is 0 Å². The van der Waals surface area contributed by atoms with Gasteiger partial charge in [0.2, 0.25) is 0 Å². The summed E-state index contributed by atoms with van der Waals surface area (Å²) in [6, 6.07) is 0. The van der Waals surface area contributed by atoms with E-state index in [-0.39, 0.29) is 6.09 Å². The summed E-state index contributed by atoms with van der Waals surface area (Å²) in [6.07, 6.45) is 0.554. The van der Waals surface area contributed by atoms with Gasteiger partial charge >= 0.3 is 6.09 Å². The van der Waals surface area contributed by atoms with Crippen LogP contribution in [0.4, 0.5) is 4.79 Å². The molecule has 0 unspecified atom stereocenters. The van der Waals surface area contributed by atoms with Crippen molar-refractivity contribution in [1.29, 1.82) is 0 Å². The first-order valence-corrected chi connectivity index (χ1v) is 5.28. The van der Waals surface area contributed by atoms with E-state index in [1.54, 1.807) is 4.90 Å². The smallest absolute Gasteiger partial charge is 0.410 e. The van der Waals surface area contributed by atoms with Crippen LogP contribution < -0.4 is 5.32 Å². The number of nitrogens with zero attached hydrogens (tertiary/aromatic N) is 1. The van der Waals surface area contributed by atoms with Crippen LogP contribution in [0.25, 0.3) is 0 Å². The van der Waals surface area contributed by atoms with Crippen LogP contribution in [0.5, 0.6) is 0 Å². The maximum atomic E-state index is 11.7. The third kappa shape index (κ3) is 4.23. The zero-order valence-electron chi connectivity index (χ0n) is 9.80. The molecule has 1 heterocycles. The highest BCUT2D eigenvalue weighted by atomic mass is 16.6. The van der Waals surface area contributed by atoms with Gasteiger partial charge in [-0.05, 0) is 20.8 Å². The number of hydrogen-bond acceptors (Lipinski definition) is 3. The van der Waals surface area contributed by atoms with Crippen LogP contribution in [0.1, 0.15) is 27.2 Å². The van der Waals surface area contributed by atoms with Gasteiger partial charge in [0.1, 0.15) is 5.60 Å². The largest absolute Gasteiger partial charge is 0.444 e. The van der Waals surface area contributed by atoms with Gasteiger partial charge in [-0.15, -0.1) is 0 Å². The van der Waals surface area contributed by atoms with E-state index < -0.39 is 5.60 Å². The van der Waals surface area contributed by atoms with Crippen LogP contribution in [-0.4, -0.2) is 36.2 Å². The summed E-state index contributed by atoms with van der Waals surface area (Å²) in [7, 11) is 0. The molecule has 0 bridgehead atoms. The molecule has 1 N–H and O–H groups in total. The van der Waals surface area contributed by atoms with E-state index in [1.807, 2.05) is 20.8 Å². The van der Waals surface area contributed by atoms with Gasteiger partial charge in [0, 0.05) is 31.8 Å². The highest BCUT2D eigenvalue weighted by Crippen LogP contribution is 2.11. The minimum absolute atomic E-state index is 0.237. The molecule has 1 rings (SSSR count). The van der Waals surface area contributed by atoms with Gasteiger partial charge in [0.25, 0.3) is 0 Å². The van der Waals surface area contributed by atoms with Crippen LogP contribution in [-0.2, 0) is 4.74 Å². The van der Waals surface area contributed by atoms with Gasteiger partial charge in [0.15, 0.2) is 0 Å². The van der Waals surface area contributed by atoms with Gasteiger partial charge in [-0.2, -0.15) is 0 Å². The number of rotatable bonds is 0. The van der Waals surface area contributed by atoms with Crippen LogP contribution in [0.2, 0.25) is 0 Å². The molecule has 0 aromatic carbocycles. The maximum Gasteiger partial charge on any atom is 0.410 e. The Kier molecular flexibility index (Phi) is 3.61. The van der Waals surface area contributed by atoms with Crippen molar-refractivity contribution in [2.45, 2.75) is 32.8 Å². The fraction of sp³-hybridized carbons (Fsp3) is 0.727. The highest BCUT2D eigenvalue weighted by Gasteiger charge is 2.22. The third-order valence-electron chi connectivity index (χ3n) is 2.09. The van der Waals surface area contributed by atoms with Gasteiger partial charge in [0.05, 0.1) is 0 Å². The average molecular weight is 212 g/mol. The van der Waals surface area contributed by atoms with E-state index in [4.69, 9.17) is 4.74 Å². The van der Waals surface area contributed by atoms with E-state index in [0.717, 1.165) is 18.7 Å². The van der Waals surface area contributed by atoms with Crippen molar-refractivity contribution in [3.05, 3.63) is 12.3 Å². The Morgan fingerprint density at radius 2 is 2.13 bits per heavy atom. The van der Waals surface area contributed by atoms with Crippen molar-refractivity contribution < 1.29 is 9.53 Å². The van der Waals surface area contributed by atoms with E-state index in [2.05, 4.69) is 11.9 Å². The molecule has 1 aliphatic rings. The molecule has 0 aromatic heterocycles. The normalized spacial score (nSPS) is 18.1. The SMILES string of the molecule is C=C1CCN(C(=O)OC(C)(C)C)CCN1. The van der Waals surface area contributed by atoms with Gasteiger partial charge in [-0.3, -0.25) is 0 Å². The Morgan fingerprint density at radius 1 is 1.47 bits per heavy atom. The second kappa shape index (κ2) is 4.55. The van der Waals surface area contributed by atoms with Gasteiger partial charge in [-0.1, -0.05) is 6.58 Å². The van der Waals surface area contributed by atoms with Crippen LogP contribution in [0.15, 0.2) is 12.3 Å². The summed E-state index contributed by atoms with van der Waals surface area (Å²) in [4.78, 5) is 13.4. The number of amides is 1. The molecule has 0 aromatic rings. The summed E-state index contributed by atoms with van der Waals surface area (Å²) in [6.45, 7) is 11.6. The molecule has 1 aliphatic heterocycles. The maximum absolute atomic E-state index is 11.7. The Labute approximate surface area is 91.3 Å². The van der Waals surface area contributed by atoms with Gasteiger partial charge < -0.3 is 15.0 Å². The molecular weight excluding hydrogens is 192 g/mol. The molecule has 1 fully saturated rings. The fourth-order valence-corrected chi connectivity index (χ4v) is 1.35. The van der Waals surface area contributed by atoms with Crippen LogP contribution in [0.3, 0.4) is 0 Å². The first kappa shape index (κ1) is 11.9. The van der Waals surface area contributed by atoms with Crippen molar-refractivity contribution in [3.63, 3.8) is 0 Å². The number of hydrogen-bond donors (Lipinski definition) is 1. The molecule has 4 heteroatoms. The van der Waals surface area contributed by atoms with Crippen molar-refractivity contribution in [2.75, 3.05) is 19.6 Å². The van der Waals surface area contributed by atoms with E-state index in [0.29, 0.717) is 13.1 Å². The molecular formula is C11H20N2O2. The van der Waals surface area contributed by atoms with E-state index >= 15 is 0 Å². The lowest BCUT2D eigenvalue weighted by Crippen LogP contribution is -2.38. The molecule has 4 nitrogen and oxygen atoms in total. The zero-order valence-corrected chi connectivity index (χ0v) is 9.80. The van der Waals surface area contributed by atoms with E-state index in [1.165, 1.54) is 0 Å². The lowest BCUT2D eigenvalue weighted by molar-refractivity contribution is 0.0263. The molecule has 0 saturated carbocycles. The Morgan fingerprint density at radius 3 is 2.73 bits per heavy atom. The lowest BCUT2D eigenvalue weighted by Gasteiger charge is -2.25. The number of carbonyl (C=O) groups excluding carboxylic acids is 1. The van der Waals surface area contributed by atoms with E-state index in [9.17, 15) is 4.79 Å². The second-order valence-electron chi connectivity index (χ2n) is 4.75. The number of carbonyl (C=O) groups is 1. The predicted octanol–water partition coefficient (Wildman–Crippen LogP) is 1.73. The van der Waals surface area contributed by atoms with Gasteiger partial charge in [-0.25, -0.2) is 4.79 Å². The highest BCUT2D eigenvalue weighted by molar-refractivity contribution is 5.68. The molecule has 0 spiro atoms. The minimum Gasteiger partial charge on any atom is -0.444 e. The summed E-state index contributed by atoms with van der Waals surface area (Å²) >= 11 is 0. The van der Waals surface area contributed by atoms with Crippen molar-refractivity contribution in [2.24, 2.45) is 0 Å². The average Bonchev–Trinajstić information content (AvgIpc) is 2.26. The molecule has 0 atom stereocenters. The number of ether oxygens (including phenoxy) is 1. The molecule has 0 radical (unpaired) electrons. The topological polar surface area (TPSA) is 41.6 Å². The Bertz CT molecular complexity index is 256. The summed E-state index contributed by atoms with van der Waals surface area (Å²) in [5, 5.41) is 3.15. The molecule has 1 amide bonds. The minimum atomic E-state index is -0.423. The molecule has 1 saturated heterocycles. The molecule has 86 valence electrons. The van der Waals surface area contributed by atoms with Crippen molar-refractivity contribution in [3.8, 4) is 0 Å². The summed E-state index contributed by atoms with van der Waals surface area (Å²) < 4.78 is 5.30. The lowest BCUT2D eigenvalue weighted by atomic mass is 10.2. The summed E-state index contributed by atoms with van der Waals surface area (Å²) in [5.41, 5.74) is 0.564. The zero-order chi connectivity index (χ0) is 11.5. The second-order valence-corrected chi connectivity index (χ2v) is 4.75. The fourth-order valence-electron chi connectivity index (χ4n) is 1.35.